The van der Waals surface area contributed by atoms with Crippen LogP contribution >= 0.6 is 0 Å². The molecule has 5 aromatic rings. The highest BCUT2D eigenvalue weighted by atomic mass is 16.5. The number of phenols is 1. The Balaban J connectivity index is 1.49. The van der Waals surface area contributed by atoms with Crippen molar-refractivity contribution < 1.29 is 14.3 Å². The second-order valence-electron chi connectivity index (χ2n) is 8.08. The lowest BCUT2D eigenvalue weighted by atomic mass is 10.1. The summed E-state index contributed by atoms with van der Waals surface area (Å²) in [5, 5.41) is 13.9. The lowest BCUT2D eigenvalue weighted by molar-refractivity contribution is 0.457. The summed E-state index contributed by atoms with van der Waals surface area (Å²) in [6, 6.07) is 25.3. The van der Waals surface area contributed by atoms with Gasteiger partial charge < -0.3 is 19.6 Å². The number of phenolic OH excluding ortho intramolecular Hbond substituents is 1. The molecule has 0 aliphatic rings. The molecule has 6 nitrogen and oxygen atoms in total. The molecule has 0 spiro atoms. The van der Waals surface area contributed by atoms with Crippen LogP contribution in [0.5, 0.6) is 17.2 Å². The number of anilines is 2. The molecule has 0 saturated carbocycles. The summed E-state index contributed by atoms with van der Waals surface area (Å²) in [6.45, 7) is 3.90. The Kier molecular flexibility index (Phi) is 5.47. The minimum Gasteiger partial charge on any atom is -0.507 e. The number of fused-ring (bicyclic) bond motifs is 1. The molecule has 3 aromatic carbocycles. The number of nitrogens with one attached hydrogen (secondary N) is 1. The number of aryl methyl sites for hydroxylation is 2. The Labute approximate surface area is 196 Å². The third kappa shape index (κ3) is 4.47. The van der Waals surface area contributed by atoms with E-state index in [1.54, 1.807) is 18.2 Å². The topological polar surface area (TPSA) is 84.6 Å². The zero-order valence-electron chi connectivity index (χ0n) is 18.7. The smallest absolute Gasteiger partial charge is 0.197 e. The summed E-state index contributed by atoms with van der Waals surface area (Å²) < 4.78 is 12.0. The minimum absolute atomic E-state index is 0.111. The van der Waals surface area contributed by atoms with E-state index in [2.05, 4.69) is 10.3 Å². The van der Waals surface area contributed by atoms with E-state index >= 15 is 0 Å². The van der Waals surface area contributed by atoms with Gasteiger partial charge in [0.15, 0.2) is 5.43 Å². The van der Waals surface area contributed by atoms with E-state index in [1.165, 1.54) is 17.7 Å². The van der Waals surface area contributed by atoms with E-state index in [-0.39, 0.29) is 22.1 Å². The second-order valence-corrected chi connectivity index (χ2v) is 8.08. The maximum absolute atomic E-state index is 12.7. The molecule has 0 saturated heterocycles. The summed E-state index contributed by atoms with van der Waals surface area (Å²) in [5.41, 5.74) is 3.52. The quantitative estimate of drug-likeness (QED) is 0.309. The van der Waals surface area contributed by atoms with Crippen LogP contribution < -0.4 is 15.5 Å². The van der Waals surface area contributed by atoms with Crippen molar-refractivity contribution in [3.05, 3.63) is 106 Å². The summed E-state index contributed by atoms with van der Waals surface area (Å²) in [6.07, 6.45) is 0. The number of aromatic nitrogens is 1. The van der Waals surface area contributed by atoms with Gasteiger partial charge in [0.2, 0.25) is 0 Å². The maximum atomic E-state index is 12.7. The third-order valence-corrected chi connectivity index (χ3v) is 5.33. The molecule has 2 aromatic heterocycles. The fourth-order valence-corrected chi connectivity index (χ4v) is 3.73. The summed E-state index contributed by atoms with van der Waals surface area (Å²) in [5.74, 6) is 1.71. The van der Waals surface area contributed by atoms with Gasteiger partial charge in [-0.2, -0.15) is 0 Å². The summed E-state index contributed by atoms with van der Waals surface area (Å²) in [7, 11) is 0. The first-order chi connectivity index (χ1) is 16.4. The molecule has 168 valence electrons. The molecule has 0 aliphatic carbocycles. The molecule has 0 bridgehead atoms. The Morgan fingerprint density at radius 1 is 0.882 bits per heavy atom. The Morgan fingerprint density at radius 2 is 1.62 bits per heavy atom. The molecule has 0 amide bonds. The highest BCUT2D eigenvalue weighted by Crippen LogP contribution is 2.34. The van der Waals surface area contributed by atoms with Crippen molar-refractivity contribution >= 4 is 22.5 Å². The lowest BCUT2D eigenvalue weighted by Gasteiger charge is -2.12. The molecular formula is C28H22N2O4. The number of aromatic hydroxyl groups is 1. The van der Waals surface area contributed by atoms with Gasteiger partial charge in [0, 0.05) is 47.3 Å². The molecule has 2 N–H and O–H groups in total. The molecule has 6 heteroatoms. The Hall–Kier alpha value is -4.58. The molecule has 2 heterocycles. The predicted molar refractivity (Wildman–Crippen MR) is 133 cm³/mol. The second kappa shape index (κ2) is 8.75. The van der Waals surface area contributed by atoms with Crippen LogP contribution in [-0.4, -0.2) is 10.1 Å². The molecule has 0 aliphatic heterocycles. The van der Waals surface area contributed by atoms with Crippen LogP contribution in [0.15, 0.2) is 94.1 Å². The van der Waals surface area contributed by atoms with Crippen LogP contribution in [0.3, 0.4) is 0 Å². The van der Waals surface area contributed by atoms with E-state index < -0.39 is 0 Å². The predicted octanol–water partition coefficient (Wildman–Crippen LogP) is 6.71. The van der Waals surface area contributed by atoms with Crippen molar-refractivity contribution in [1.82, 2.24) is 4.98 Å². The average Bonchev–Trinajstić information content (AvgIpc) is 2.80. The van der Waals surface area contributed by atoms with Crippen molar-refractivity contribution in [3.63, 3.8) is 0 Å². The van der Waals surface area contributed by atoms with Gasteiger partial charge >= 0.3 is 0 Å². The largest absolute Gasteiger partial charge is 0.507 e. The molecular weight excluding hydrogens is 428 g/mol. The van der Waals surface area contributed by atoms with Crippen LogP contribution in [0.25, 0.3) is 22.3 Å². The fourth-order valence-electron chi connectivity index (χ4n) is 3.73. The summed E-state index contributed by atoms with van der Waals surface area (Å²) in [4.78, 5) is 17.2. The van der Waals surface area contributed by atoms with E-state index in [4.69, 9.17) is 9.15 Å². The molecule has 0 fully saturated rings. The Morgan fingerprint density at radius 3 is 2.38 bits per heavy atom. The zero-order valence-corrected chi connectivity index (χ0v) is 18.7. The number of pyridine rings is 1. The standard InChI is InChI=1S/C28H22N2O4/c1-17-8-10-20(11-9-17)30-27-15-21(12-18(2)29-27)33-22-13-23(31)28-24(32)16-25(34-26(28)14-22)19-6-4-3-5-7-19/h3-16,31H,1-2H3,(H,29,30). The van der Waals surface area contributed by atoms with E-state index in [9.17, 15) is 9.90 Å². The van der Waals surface area contributed by atoms with Crippen molar-refractivity contribution in [2.24, 2.45) is 0 Å². The van der Waals surface area contributed by atoms with Crippen LogP contribution in [0.1, 0.15) is 11.3 Å². The highest BCUT2D eigenvalue weighted by Gasteiger charge is 2.14. The first kappa shape index (κ1) is 21.3. The van der Waals surface area contributed by atoms with Gasteiger partial charge in [-0.3, -0.25) is 4.79 Å². The molecule has 5 rings (SSSR count). The maximum Gasteiger partial charge on any atom is 0.197 e. The first-order valence-electron chi connectivity index (χ1n) is 10.8. The van der Waals surface area contributed by atoms with Gasteiger partial charge in [-0.15, -0.1) is 0 Å². The van der Waals surface area contributed by atoms with Gasteiger partial charge in [0.05, 0.1) is 0 Å². The number of rotatable bonds is 5. The van der Waals surface area contributed by atoms with Crippen molar-refractivity contribution in [2.75, 3.05) is 5.32 Å². The average molecular weight is 450 g/mol. The minimum atomic E-state index is -0.325. The van der Waals surface area contributed by atoms with Crippen molar-refractivity contribution in [3.8, 4) is 28.6 Å². The number of hydrogen-bond acceptors (Lipinski definition) is 6. The van der Waals surface area contributed by atoms with Gasteiger partial charge in [0.25, 0.3) is 0 Å². The Bertz CT molecular complexity index is 1540. The summed E-state index contributed by atoms with van der Waals surface area (Å²) >= 11 is 0. The van der Waals surface area contributed by atoms with Crippen LogP contribution in [0.2, 0.25) is 0 Å². The number of hydrogen-bond donors (Lipinski definition) is 2. The van der Waals surface area contributed by atoms with Gasteiger partial charge in [-0.25, -0.2) is 4.98 Å². The van der Waals surface area contributed by atoms with E-state index in [0.717, 1.165) is 16.9 Å². The molecule has 0 atom stereocenters. The van der Waals surface area contributed by atoms with Gasteiger partial charge in [-0.05, 0) is 26.0 Å². The van der Waals surface area contributed by atoms with Crippen LogP contribution in [-0.2, 0) is 0 Å². The molecule has 0 unspecified atom stereocenters. The fraction of sp³-hybridized carbons (Fsp3) is 0.0714. The highest BCUT2D eigenvalue weighted by molar-refractivity contribution is 5.86. The monoisotopic (exact) mass is 450 g/mol. The van der Waals surface area contributed by atoms with Crippen molar-refractivity contribution in [1.29, 1.82) is 0 Å². The van der Waals surface area contributed by atoms with E-state index in [1.807, 2.05) is 68.4 Å². The van der Waals surface area contributed by atoms with Gasteiger partial charge in [0.1, 0.15) is 39.8 Å². The molecule has 0 radical (unpaired) electrons. The lowest BCUT2D eigenvalue weighted by Crippen LogP contribution is -2.01. The molecule has 34 heavy (non-hydrogen) atoms. The first-order valence-corrected chi connectivity index (χ1v) is 10.8. The van der Waals surface area contributed by atoms with Gasteiger partial charge in [-0.1, -0.05) is 48.0 Å². The third-order valence-electron chi connectivity index (χ3n) is 5.33. The SMILES string of the molecule is Cc1ccc(Nc2cc(Oc3cc(O)c4c(=O)cc(-c5ccccc5)oc4c3)cc(C)n2)cc1. The number of benzene rings is 3. The van der Waals surface area contributed by atoms with Crippen LogP contribution in [0.4, 0.5) is 11.5 Å². The van der Waals surface area contributed by atoms with Crippen molar-refractivity contribution in [2.45, 2.75) is 13.8 Å². The zero-order chi connectivity index (χ0) is 23.7. The van der Waals surface area contributed by atoms with E-state index in [0.29, 0.717) is 23.1 Å². The van der Waals surface area contributed by atoms with Crippen LogP contribution in [0, 0.1) is 13.8 Å². The number of nitrogens with zero attached hydrogens (tertiary/aromatic N) is 1. The normalized spacial score (nSPS) is 10.9. The number of ether oxygens (including phenoxy) is 1.